The molecule has 0 rings (SSSR count). The Balaban J connectivity index is 4.02. The Hall–Kier alpha value is -1.02. The van der Waals surface area contributed by atoms with Crippen LogP contribution in [0.15, 0.2) is 24.3 Å². The average molecular weight is 1070 g/mol. The van der Waals surface area contributed by atoms with Crippen LogP contribution >= 0.6 is 7.82 Å². The van der Waals surface area contributed by atoms with Crippen molar-refractivity contribution >= 4 is 13.7 Å². The van der Waals surface area contributed by atoms with Crippen LogP contribution in [-0.2, 0) is 18.4 Å². The Kier molecular flexibility index (Phi) is 55.9. The lowest BCUT2D eigenvalue weighted by Gasteiger charge is -2.26. The molecule has 0 aromatic carbocycles. The minimum absolute atomic E-state index is 0.0774. The first kappa shape index (κ1) is 73.0. The molecule has 8 nitrogen and oxygen atoms in total. The van der Waals surface area contributed by atoms with Gasteiger partial charge in [0.15, 0.2) is 0 Å². The summed E-state index contributed by atoms with van der Waals surface area (Å²) < 4.78 is 23.9. The molecule has 0 heterocycles. The number of phosphoric ester groups is 1. The number of carbonyl (C=O) groups excluding carboxylic acids is 1. The van der Waals surface area contributed by atoms with E-state index in [4.69, 9.17) is 9.05 Å². The molecule has 0 aliphatic rings. The lowest BCUT2D eigenvalue weighted by atomic mass is 10.0. The molecular weight excluding hydrogens is 936 g/mol. The van der Waals surface area contributed by atoms with Gasteiger partial charge in [-0.1, -0.05) is 308 Å². The zero-order valence-electron chi connectivity index (χ0n) is 50.4. The van der Waals surface area contributed by atoms with E-state index in [0.717, 1.165) is 44.9 Å². The van der Waals surface area contributed by atoms with E-state index in [2.05, 4.69) is 43.5 Å². The number of nitrogens with zero attached hydrogens (tertiary/aromatic N) is 1. The molecule has 0 saturated heterocycles. The molecule has 0 aliphatic heterocycles. The molecule has 440 valence electrons. The standard InChI is InChI=1S/C65H129N2O6P/c1-6-8-10-12-14-16-18-20-22-24-26-28-29-30-31-32-33-34-35-36-37-39-41-43-45-47-49-51-53-55-57-59-65(69)66-63(62-73-74(70,71)72-61-60-67(3,4)5)64(68)58-56-54-52-50-48-46-44-42-40-38-27-25-23-21-19-17-15-13-11-9-7-2/h18,20,24,26,63-64,68H,6-17,19,21-23,25,27-62H2,1-5H3,(H-,66,69,70,71)/p+1/b20-18-,26-24-. The maximum atomic E-state index is 13.0. The number of allylic oxidation sites excluding steroid dienone is 4. The summed E-state index contributed by atoms with van der Waals surface area (Å²) in [5.74, 6) is -0.137. The first-order valence-electron chi connectivity index (χ1n) is 32.7. The van der Waals surface area contributed by atoms with Crippen LogP contribution in [0.25, 0.3) is 0 Å². The van der Waals surface area contributed by atoms with Crippen LogP contribution in [0.4, 0.5) is 0 Å². The van der Waals surface area contributed by atoms with E-state index in [-0.39, 0.29) is 19.1 Å². The number of unbranched alkanes of at least 4 members (excludes halogenated alkanes) is 44. The van der Waals surface area contributed by atoms with Crippen molar-refractivity contribution in [3.8, 4) is 0 Å². The number of amides is 1. The van der Waals surface area contributed by atoms with Crippen molar-refractivity contribution in [3.63, 3.8) is 0 Å². The van der Waals surface area contributed by atoms with Gasteiger partial charge in [-0.3, -0.25) is 13.8 Å². The number of nitrogens with one attached hydrogen (secondary N) is 1. The quantitative estimate of drug-likeness (QED) is 0.0243. The molecule has 9 heteroatoms. The molecule has 0 aromatic heterocycles. The van der Waals surface area contributed by atoms with Crippen molar-refractivity contribution in [1.29, 1.82) is 0 Å². The second-order valence-electron chi connectivity index (χ2n) is 23.9. The summed E-state index contributed by atoms with van der Waals surface area (Å²) in [6.07, 6.45) is 72.6. The number of aliphatic hydroxyl groups is 1. The van der Waals surface area contributed by atoms with Gasteiger partial charge in [-0.25, -0.2) is 4.57 Å². The zero-order chi connectivity index (χ0) is 54.2. The molecule has 3 unspecified atom stereocenters. The summed E-state index contributed by atoms with van der Waals surface area (Å²) in [5.41, 5.74) is 0. The summed E-state index contributed by atoms with van der Waals surface area (Å²) in [6.45, 7) is 4.93. The van der Waals surface area contributed by atoms with Gasteiger partial charge in [0.1, 0.15) is 13.2 Å². The molecule has 0 fully saturated rings. The zero-order valence-corrected chi connectivity index (χ0v) is 51.3. The molecule has 0 radical (unpaired) electrons. The van der Waals surface area contributed by atoms with Gasteiger partial charge < -0.3 is 19.8 Å². The maximum absolute atomic E-state index is 13.0. The van der Waals surface area contributed by atoms with Gasteiger partial charge >= 0.3 is 7.82 Å². The van der Waals surface area contributed by atoms with Gasteiger partial charge in [0.2, 0.25) is 5.91 Å². The monoisotopic (exact) mass is 1070 g/mol. The van der Waals surface area contributed by atoms with E-state index in [0.29, 0.717) is 23.9 Å². The number of rotatable bonds is 61. The van der Waals surface area contributed by atoms with Gasteiger partial charge in [0, 0.05) is 6.42 Å². The highest BCUT2D eigenvalue weighted by atomic mass is 31.2. The number of likely N-dealkylation sites (N-methyl/N-ethyl adjacent to an activating group) is 1. The van der Waals surface area contributed by atoms with E-state index in [1.807, 2.05) is 21.1 Å². The fourth-order valence-electron chi connectivity index (χ4n) is 10.1. The van der Waals surface area contributed by atoms with Gasteiger partial charge in [-0.05, 0) is 44.9 Å². The summed E-state index contributed by atoms with van der Waals surface area (Å²) in [6, 6.07) is -0.759. The number of hydrogen-bond acceptors (Lipinski definition) is 5. The first-order valence-corrected chi connectivity index (χ1v) is 34.2. The number of quaternary nitrogens is 1. The Morgan fingerprint density at radius 2 is 0.770 bits per heavy atom. The summed E-state index contributed by atoms with van der Waals surface area (Å²) in [4.78, 5) is 23.4. The highest BCUT2D eigenvalue weighted by molar-refractivity contribution is 7.47. The Bertz CT molecular complexity index is 1260. The van der Waals surface area contributed by atoms with Crippen molar-refractivity contribution < 1.29 is 32.9 Å². The van der Waals surface area contributed by atoms with Crippen LogP contribution in [0.3, 0.4) is 0 Å². The van der Waals surface area contributed by atoms with E-state index < -0.39 is 20.0 Å². The van der Waals surface area contributed by atoms with Gasteiger partial charge in [-0.2, -0.15) is 0 Å². The van der Waals surface area contributed by atoms with Gasteiger partial charge in [-0.15, -0.1) is 0 Å². The van der Waals surface area contributed by atoms with Crippen molar-refractivity contribution in [2.24, 2.45) is 0 Å². The van der Waals surface area contributed by atoms with E-state index in [1.54, 1.807) is 0 Å². The SMILES string of the molecule is CCCCCCC/C=C\C/C=C\CCCCCCCCCCCCCCCCCCCCCC(=O)NC(COP(=O)(O)OCC[N+](C)(C)C)C(O)CCCCCCCCCCCCCCCCCCCCCCC. The van der Waals surface area contributed by atoms with E-state index >= 15 is 0 Å². The molecule has 0 bridgehead atoms. The molecule has 0 saturated carbocycles. The largest absolute Gasteiger partial charge is 0.472 e. The minimum atomic E-state index is -4.32. The normalized spacial score (nSPS) is 13.9. The second-order valence-corrected chi connectivity index (χ2v) is 25.3. The van der Waals surface area contributed by atoms with Gasteiger partial charge in [0.25, 0.3) is 0 Å². The minimum Gasteiger partial charge on any atom is -0.391 e. The van der Waals surface area contributed by atoms with Crippen molar-refractivity contribution in [3.05, 3.63) is 24.3 Å². The van der Waals surface area contributed by atoms with Crippen LogP contribution in [0.1, 0.15) is 335 Å². The van der Waals surface area contributed by atoms with Crippen molar-refractivity contribution in [1.82, 2.24) is 5.32 Å². The lowest BCUT2D eigenvalue weighted by Crippen LogP contribution is -2.46. The predicted octanol–water partition coefficient (Wildman–Crippen LogP) is 20.3. The first-order chi connectivity index (χ1) is 36.0. The number of hydrogen-bond donors (Lipinski definition) is 3. The van der Waals surface area contributed by atoms with Crippen LogP contribution in [-0.4, -0.2) is 73.4 Å². The van der Waals surface area contributed by atoms with Gasteiger partial charge in [0.05, 0.1) is 39.9 Å². The maximum Gasteiger partial charge on any atom is 0.472 e. The highest BCUT2D eigenvalue weighted by Gasteiger charge is 2.28. The predicted molar refractivity (Wildman–Crippen MR) is 323 cm³/mol. The molecule has 3 N–H and O–H groups in total. The molecule has 0 spiro atoms. The van der Waals surface area contributed by atoms with E-state index in [1.165, 1.54) is 263 Å². The Morgan fingerprint density at radius 3 is 1.11 bits per heavy atom. The fraction of sp³-hybridized carbons (Fsp3) is 0.923. The van der Waals surface area contributed by atoms with Crippen LogP contribution in [0.2, 0.25) is 0 Å². The molecule has 0 aliphatic carbocycles. The summed E-state index contributed by atoms with van der Waals surface area (Å²) in [5, 5.41) is 14.1. The number of aliphatic hydroxyl groups excluding tert-OH is 1. The van der Waals surface area contributed by atoms with Crippen molar-refractivity contribution in [2.75, 3.05) is 40.9 Å². The fourth-order valence-corrected chi connectivity index (χ4v) is 10.8. The molecule has 1 amide bonds. The smallest absolute Gasteiger partial charge is 0.391 e. The molecule has 74 heavy (non-hydrogen) atoms. The van der Waals surface area contributed by atoms with Crippen LogP contribution in [0.5, 0.6) is 0 Å². The Labute approximate surface area is 462 Å². The third-order valence-corrected chi connectivity index (χ3v) is 16.2. The van der Waals surface area contributed by atoms with Crippen LogP contribution in [0, 0.1) is 0 Å². The lowest BCUT2D eigenvalue weighted by molar-refractivity contribution is -0.870. The summed E-state index contributed by atoms with van der Waals surface area (Å²) >= 11 is 0. The van der Waals surface area contributed by atoms with E-state index in [9.17, 15) is 19.4 Å². The number of carbonyl (C=O) groups is 1. The third-order valence-electron chi connectivity index (χ3n) is 15.2. The summed E-state index contributed by atoms with van der Waals surface area (Å²) in [7, 11) is 1.63. The highest BCUT2D eigenvalue weighted by Crippen LogP contribution is 2.43. The molecular formula is C65H130N2O6P+. The number of phosphoric acid groups is 1. The van der Waals surface area contributed by atoms with Crippen LogP contribution < -0.4 is 5.32 Å². The molecule has 0 aromatic rings. The second kappa shape index (κ2) is 56.7. The molecule has 3 atom stereocenters. The topological polar surface area (TPSA) is 105 Å². The third kappa shape index (κ3) is 58.7. The van der Waals surface area contributed by atoms with Crippen molar-refractivity contribution in [2.45, 2.75) is 347 Å². The Morgan fingerprint density at radius 1 is 0.459 bits per heavy atom. The average Bonchev–Trinajstić information content (AvgIpc) is 3.36.